The van der Waals surface area contributed by atoms with Gasteiger partial charge >= 0.3 is 0 Å². The summed E-state index contributed by atoms with van der Waals surface area (Å²) in [6, 6.07) is 9.64. The average molecular weight is 409 g/mol. The first-order chi connectivity index (χ1) is 13.3. The maximum atomic E-state index is 13.4. The first-order valence-electron chi connectivity index (χ1n) is 8.81. The van der Waals surface area contributed by atoms with Crippen molar-refractivity contribution in [1.29, 1.82) is 0 Å². The van der Waals surface area contributed by atoms with Gasteiger partial charge in [-0.2, -0.15) is 0 Å². The Balaban J connectivity index is 1.62. The van der Waals surface area contributed by atoms with Gasteiger partial charge in [-0.1, -0.05) is 0 Å². The molecule has 2 aromatic carbocycles. The average Bonchev–Trinajstić information content (AvgIpc) is 2.60. The lowest BCUT2D eigenvalue weighted by atomic mass is 10.1. The summed E-state index contributed by atoms with van der Waals surface area (Å²) in [6.07, 6.45) is 0. The number of carbonyl (C=O) groups is 1. The van der Waals surface area contributed by atoms with Crippen LogP contribution in [0.1, 0.15) is 22.8 Å². The molecule has 0 aliphatic carbocycles. The number of thiol groups is 1. The van der Waals surface area contributed by atoms with E-state index in [0.717, 1.165) is 6.07 Å². The molecular formula is C19H21F2N3O3S. The van der Waals surface area contributed by atoms with Crippen LogP contribution < -0.4 is 4.72 Å². The molecule has 6 nitrogen and oxygen atoms in total. The number of anilines is 1. The van der Waals surface area contributed by atoms with E-state index >= 15 is 0 Å². The largest absolute Gasteiger partial charge is 0.333 e. The molecule has 1 atom stereocenters. The van der Waals surface area contributed by atoms with Crippen LogP contribution in [-0.4, -0.2) is 49.8 Å². The fourth-order valence-corrected chi connectivity index (χ4v) is 3.76. The molecule has 3 rings (SSSR count). The van der Waals surface area contributed by atoms with Gasteiger partial charge in [-0.15, -0.1) is 0 Å². The summed E-state index contributed by atoms with van der Waals surface area (Å²) in [6.45, 7) is 4.00. The molecular weight excluding hydrogens is 388 g/mol. The molecule has 28 heavy (non-hydrogen) atoms. The monoisotopic (exact) mass is 409 g/mol. The molecule has 0 bridgehead atoms. The third kappa shape index (κ3) is 5.05. The van der Waals surface area contributed by atoms with Crippen LogP contribution in [0.5, 0.6) is 0 Å². The first-order valence-corrected chi connectivity index (χ1v) is 9.99. The van der Waals surface area contributed by atoms with Gasteiger partial charge < -0.3 is 4.90 Å². The molecule has 0 radical (unpaired) electrons. The van der Waals surface area contributed by atoms with E-state index in [2.05, 4.69) is 9.62 Å². The zero-order chi connectivity index (χ0) is 20.3. The van der Waals surface area contributed by atoms with Crippen molar-refractivity contribution in [2.75, 3.05) is 24.4 Å². The highest BCUT2D eigenvalue weighted by Crippen LogP contribution is 2.18. The number of nitrogens with one attached hydrogen (secondary N) is 1. The lowest BCUT2D eigenvalue weighted by Crippen LogP contribution is -2.53. The van der Waals surface area contributed by atoms with Crippen molar-refractivity contribution in [2.45, 2.75) is 19.5 Å². The molecule has 1 aliphatic heterocycles. The lowest BCUT2D eigenvalue weighted by molar-refractivity contribution is 0.0475. The maximum absolute atomic E-state index is 13.4. The summed E-state index contributed by atoms with van der Waals surface area (Å²) in [5.74, 6) is -1.34. The molecule has 1 N–H and O–H groups in total. The van der Waals surface area contributed by atoms with E-state index in [1.807, 2.05) is 6.92 Å². The molecule has 1 saturated heterocycles. The molecule has 9 heteroatoms. The van der Waals surface area contributed by atoms with Crippen LogP contribution in [0.15, 0.2) is 42.5 Å². The van der Waals surface area contributed by atoms with Crippen molar-refractivity contribution in [3.8, 4) is 0 Å². The van der Waals surface area contributed by atoms with Gasteiger partial charge in [0.05, 0.1) is 0 Å². The smallest absolute Gasteiger partial charge is 0.254 e. The van der Waals surface area contributed by atoms with Crippen LogP contribution in [0.2, 0.25) is 0 Å². The highest BCUT2D eigenvalue weighted by Gasteiger charge is 2.28. The summed E-state index contributed by atoms with van der Waals surface area (Å²) >= 11 is 0. The fourth-order valence-electron chi connectivity index (χ4n) is 3.40. The van der Waals surface area contributed by atoms with E-state index in [0.29, 0.717) is 43.0 Å². The Morgan fingerprint density at radius 2 is 1.75 bits per heavy atom. The summed E-state index contributed by atoms with van der Waals surface area (Å²) in [4.78, 5) is 16.6. The number of nitrogens with zero attached hydrogens (tertiary/aromatic N) is 2. The van der Waals surface area contributed by atoms with Crippen LogP contribution in [-0.2, 0) is 17.4 Å². The third-order valence-electron chi connectivity index (χ3n) is 4.65. The molecule has 0 unspecified atom stereocenters. The Labute approximate surface area is 163 Å². The molecule has 0 spiro atoms. The number of hydrogen-bond donors (Lipinski definition) is 2. The van der Waals surface area contributed by atoms with Crippen LogP contribution in [0, 0.1) is 11.6 Å². The number of piperazine rings is 1. The number of benzene rings is 2. The van der Waals surface area contributed by atoms with Crippen LogP contribution >= 0.6 is 0 Å². The van der Waals surface area contributed by atoms with E-state index < -0.39 is 22.5 Å². The first kappa shape index (κ1) is 20.2. The molecule has 1 amide bonds. The van der Waals surface area contributed by atoms with Gasteiger partial charge in [0.2, 0.25) is 10.9 Å². The number of carbonyl (C=O) groups excluding carboxylic acids is 1. The van der Waals surface area contributed by atoms with Gasteiger partial charge in [-0.3, -0.25) is 14.4 Å². The molecule has 1 fully saturated rings. The Hall–Kier alpha value is -2.52. The highest BCUT2D eigenvalue weighted by molar-refractivity contribution is 7.73. The van der Waals surface area contributed by atoms with Gasteiger partial charge in [0.25, 0.3) is 5.91 Å². The van der Waals surface area contributed by atoms with E-state index in [1.165, 1.54) is 24.3 Å². The van der Waals surface area contributed by atoms with Crippen LogP contribution in [0.4, 0.5) is 14.5 Å². The number of rotatable bonds is 5. The highest BCUT2D eigenvalue weighted by atomic mass is 32.2. The summed E-state index contributed by atoms with van der Waals surface area (Å²) in [7, 11) is -2.75. The molecule has 0 saturated carbocycles. The number of hydrogen-bond acceptors (Lipinski definition) is 4. The summed E-state index contributed by atoms with van der Waals surface area (Å²) in [5, 5.41) is 0. The van der Waals surface area contributed by atoms with Crippen LogP contribution in [0.3, 0.4) is 0 Å². The van der Waals surface area contributed by atoms with Crippen molar-refractivity contribution in [1.82, 2.24) is 9.80 Å². The minimum Gasteiger partial charge on any atom is -0.333 e. The molecule has 0 aromatic heterocycles. The Bertz CT molecular complexity index is 906. The van der Waals surface area contributed by atoms with E-state index in [4.69, 9.17) is 0 Å². The van der Waals surface area contributed by atoms with Crippen molar-refractivity contribution >= 4 is 22.5 Å². The van der Waals surface area contributed by atoms with E-state index in [1.54, 1.807) is 17.0 Å². The minimum absolute atomic E-state index is 0.0754. The van der Waals surface area contributed by atoms with Gasteiger partial charge in [0.1, 0.15) is 11.6 Å². The second kappa shape index (κ2) is 8.66. The third-order valence-corrected chi connectivity index (χ3v) is 5.09. The minimum atomic E-state index is -2.75. The molecule has 1 heterocycles. The van der Waals surface area contributed by atoms with E-state index in [9.17, 15) is 22.0 Å². The zero-order valence-electron chi connectivity index (χ0n) is 15.3. The second-order valence-electron chi connectivity index (χ2n) is 6.81. The normalized spacial score (nSPS) is 17.7. The number of halogens is 2. The van der Waals surface area contributed by atoms with E-state index in [-0.39, 0.29) is 11.9 Å². The Kier molecular flexibility index (Phi) is 6.25. The van der Waals surface area contributed by atoms with Crippen LogP contribution in [0.25, 0.3) is 0 Å². The SMILES string of the molecule is C[C@@H]1CN(Cc2cc(F)cc(F)c2)CCN1C(=O)c1ccc(N[SH](=O)=O)cc1. The topological polar surface area (TPSA) is 69.7 Å². The quantitative estimate of drug-likeness (QED) is 0.744. The Morgan fingerprint density at radius 3 is 2.32 bits per heavy atom. The van der Waals surface area contributed by atoms with Crippen molar-refractivity contribution in [3.05, 3.63) is 65.2 Å². The number of amides is 1. The van der Waals surface area contributed by atoms with Gasteiger partial charge in [0, 0.05) is 49.5 Å². The molecule has 150 valence electrons. The van der Waals surface area contributed by atoms with Crippen molar-refractivity contribution in [3.63, 3.8) is 0 Å². The predicted octanol–water partition coefficient (Wildman–Crippen LogP) is 2.25. The standard InChI is InChI=1S/C19H21F2N3O3S/c1-13-11-23(12-14-8-16(20)10-17(21)9-14)6-7-24(13)19(25)15-2-4-18(5-3-15)22-28(26)27/h2-5,8-10,13,28H,6-7,11-12H2,1H3,(H,22,26,27)/t13-/m1/s1. The molecule has 2 aromatic rings. The maximum Gasteiger partial charge on any atom is 0.254 e. The van der Waals surface area contributed by atoms with Gasteiger partial charge in [-0.25, -0.2) is 17.2 Å². The van der Waals surface area contributed by atoms with Crippen molar-refractivity contribution < 1.29 is 22.0 Å². The predicted molar refractivity (Wildman–Crippen MR) is 103 cm³/mol. The zero-order valence-corrected chi connectivity index (χ0v) is 16.2. The lowest BCUT2D eigenvalue weighted by Gasteiger charge is -2.40. The second-order valence-corrected chi connectivity index (χ2v) is 7.54. The van der Waals surface area contributed by atoms with Gasteiger partial charge in [-0.05, 0) is 48.9 Å². The van der Waals surface area contributed by atoms with Gasteiger partial charge in [0.15, 0.2) is 0 Å². The molecule has 1 aliphatic rings. The van der Waals surface area contributed by atoms with Crippen molar-refractivity contribution in [2.24, 2.45) is 0 Å². The summed E-state index contributed by atoms with van der Waals surface area (Å²) < 4.78 is 50.4. The Morgan fingerprint density at radius 1 is 1.11 bits per heavy atom. The summed E-state index contributed by atoms with van der Waals surface area (Å²) in [5.41, 5.74) is 1.43. The fraction of sp³-hybridized carbons (Fsp3) is 0.316.